The number of rotatable bonds is 18. The number of nitrogens with zero attached hydrogens (tertiary/aromatic N) is 2. The topological polar surface area (TPSA) is 65.2 Å². The van der Waals surface area contributed by atoms with Crippen LogP contribution in [-0.2, 0) is 12.8 Å². The fraction of sp³-hybridized carbons (Fsp3) is 0.611. The smallest absolute Gasteiger partial charge is 0.124 e. The molecule has 1 fully saturated rings. The summed E-state index contributed by atoms with van der Waals surface area (Å²) in [5, 5.41) is 21.2. The summed E-state index contributed by atoms with van der Waals surface area (Å²) in [6.45, 7) is 4.50. The minimum Gasteiger partial charge on any atom is -0.507 e. The monoisotopic (exact) mass is 546 g/mol. The predicted octanol–water partition coefficient (Wildman–Crippen LogP) is 9.75. The highest BCUT2D eigenvalue weighted by Crippen LogP contribution is 2.26. The number of aromatic hydroxyl groups is 2. The summed E-state index contributed by atoms with van der Waals surface area (Å²) in [4.78, 5) is 9.75. The molecule has 0 unspecified atom stereocenters. The van der Waals surface area contributed by atoms with Gasteiger partial charge in [-0.3, -0.25) is 9.98 Å². The summed E-state index contributed by atoms with van der Waals surface area (Å²) in [7, 11) is 0. The molecule has 2 aromatic rings. The minimum atomic E-state index is 0.0984. The first-order valence-electron chi connectivity index (χ1n) is 16.3. The first kappa shape index (κ1) is 31.9. The fourth-order valence-corrected chi connectivity index (χ4v) is 5.72. The predicted molar refractivity (Wildman–Crippen MR) is 172 cm³/mol. The van der Waals surface area contributed by atoms with Crippen molar-refractivity contribution < 1.29 is 10.2 Å². The van der Waals surface area contributed by atoms with Crippen molar-refractivity contribution in [1.82, 2.24) is 0 Å². The number of benzene rings is 2. The number of aryl methyl sites for hydroxylation is 2. The van der Waals surface area contributed by atoms with E-state index >= 15 is 0 Å². The van der Waals surface area contributed by atoms with Crippen LogP contribution in [0.15, 0.2) is 46.4 Å². The Morgan fingerprint density at radius 1 is 0.600 bits per heavy atom. The molecule has 0 heterocycles. The van der Waals surface area contributed by atoms with Gasteiger partial charge in [-0.15, -0.1) is 0 Å². The fourth-order valence-electron chi connectivity index (χ4n) is 5.72. The number of hydrogen-bond acceptors (Lipinski definition) is 4. The Kier molecular flexibility index (Phi) is 14.9. The van der Waals surface area contributed by atoms with Crippen molar-refractivity contribution in [3.63, 3.8) is 0 Å². The van der Waals surface area contributed by atoms with Gasteiger partial charge in [0.2, 0.25) is 0 Å². The SMILES string of the molecule is CCCCCCCCc1ccc(C=N[C@H]2CCCC[C@@H]2N=Cc2ccc(CCCCCCCC)cc2O)c(O)c1. The van der Waals surface area contributed by atoms with Gasteiger partial charge in [-0.2, -0.15) is 0 Å². The molecule has 3 rings (SSSR count). The molecule has 1 aliphatic rings. The van der Waals surface area contributed by atoms with Gasteiger partial charge in [-0.05, 0) is 73.9 Å². The van der Waals surface area contributed by atoms with Crippen LogP contribution in [0.25, 0.3) is 0 Å². The molecule has 40 heavy (non-hydrogen) atoms. The Labute approximate surface area is 244 Å². The van der Waals surface area contributed by atoms with Crippen molar-refractivity contribution in [2.75, 3.05) is 0 Å². The molecule has 0 radical (unpaired) electrons. The highest BCUT2D eigenvalue weighted by molar-refractivity contribution is 5.84. The Bertz CT molecular complexity index is 962. The Balaban J connectivity index is 1.51. The normalized spacial score (nSPS) is 17.8. The molecule has 0 saturated heterocycles. The molecule has 220 valence electrons. The molecule has 1 aliphatic carbocycles. The van der Waals surface area contributed by atoms with Crippen molar-refractivity contribution >= 4 is 12.4 Å². The number of unbranched alkanes of at least 4 members (excludes halogenated alkanes) is 10. The van der Waals surface area contributed by atoms with Gasteiger partial charge in [0.25, 0.3) is 0 Å². The quantitative estimate of drug-likeness (QED) is 0.144. The molecule has 0 amide bonds. The average Bonchev–Trinajstić information content (AvgIpc) is 2.96. The lowest BCUT2D eigenvalue weighted by molar-refractivity contribution is 0.390. The molecule has 4 nitrogen and oxygen atoms in total. The molecular weight excluding hydrogens is 492 g/mol. The lowest BCUT2D eigenvalue weighted by Gasteiger charge is -2.25. The molecule has 1 saturated carbocycles. The zero-order valence-corrected chi connectivity index (χ0v) is 25.3. The Morgan fingerprint density at radius 2 is 1.00 bits per heavy atom. The van der Waals surface area contributed by atoms with Crippen LogP contribution in [0.4, 0.5) is 0 Å². The lowest BCUT2D eigenvalue weighted by atomic mass is 9.91. The van der Waals surface area contributed by atoms with Gasteiger partial charge in [-0.1, -0.05) is 103 Å². The third-order valence-electron chi connectivity index (χ3n) is 8.33. The van der Waals surface area contributed by atoms with Crippen LogP contribution in [0.3, 0.4) is 0 Å². The number of phenols is 2. The number of hydrogen-bond donors (Lipinski definition) is 2. The van der Waals surface area contributed by atoms with E-state index in [0.29, 0.717) is 11.5 Å². The van der Waals surface area contributed by atoms with E-state index in [2.05, 4.69) is 26.0 Å². The minimum absolute atomic E-state index is 0.0984. The maximum atomic E-state index is 10.6. The van der Waals surface area contributed by atoms with Crippen molar-refractivity contribution in [2.24, 2.45) is 9.98 Å². The summed E-state index contributed by atoms with van der Waals surface area (Å²) in [5.41, 5.74) is 3.95. The molecule has 0 spiro atoms. The summed E-state index contributed by atoms with van der Waals surface area (Å²) < 4.78 is 0. The Morgan fingerprint density at radius 3 is 1.40 bits per heavy atom. The average molecular weight is 547 g/mol. The molecule has 2 N–H and O–H groups in total. The molecule has 4 heteroatoms. The van der Waals surface area contributed by atoms with Gasteiger partial charge in [0.1, 0.15) is 11.5 Å². The standard InChI is InChI=1S/C36H54N2O2/c1-3-5-7-9-11-13-17-29-21-23-31(35(39)25-29)27-37-33-19-15-16-20-34(33)38-28-32-24-22-30(26-36(32)40)18-14-12-10-8-6-4-2/h21-28,33-34,39-40H,3-20H2,1-2H3/t33-,34-/m0/s1. The largest absolute Gasteiger partial charge is 0.507 e. The van der Waals surface area contributed by atoms with E-state index in [1.54, 1.807) is 0 Å². The summed E-state index contributed by atoms with van der Waals surface area (Å²) in [6.07, 6.45) is 25.3. The second kappa shape index (κ2) is 18.7. The van der Waals surface area contributed by atoms with E-state index < -0.39 is 0 Å². The second-order valence-corrected chi connectivity index (χ2v) is 11.8. The Hall–Kier alpha value is -2.62. The van der Waals surface area contributed by atoms with Crippen LogP contribution in [-0.4, -0.2) is 34.7 Å². The van der Waals surface area contributed by atoms with E-state index in [-0.39, 0.29) is 12.1 Å². The van der Waals surface area contributed by atoms with Crippen molar-refractivity contribution in [3.8, 4) is 11.5 Å². The van der Waals surface area contributed by atoms with Gasteiger partial charge in [-0.25, -0.2) is 0 Å². The third-order valence-corrected chi connectivity index (χ3v) is 8.33. The van der Waals surface area contributed by atoms with Crippen molar-refractivity contribution in [3.05, 3.63) is 58.7 Å². The lowest BCUT2D eigenvalue weighted by Crippen LogP contribution is -2.27. The molecule has 0 aliphatic heterocycles. The van der Waals surface area contributed by atoms with Gasteiger partial charge < -0.3 is 10.2 Å². The molecular formula is C36H54N2O2. The number of aliphatic imine (C=N–C) groups is 2. The van der Waals surface area contributed by atoms with Gasteiger partial charge in [0.15, 0.2) is 0 Å². The van der Waals surface area contributed by atoms with E-state index in [1.807, 2.05) is 36.7 Å². The maximum Gasteiger partial charge on any atom is 0.124 e. The zero-order valence-electron chi connectivity index (χ0n) is 25.3. The van der Waals surface area contributed by atoms with Crippen LogP contribution in [0, 0.1) is 0 Å². The van der Waals surface area contributed by atoms with Crippen LogP contribution in [0.2, 0.25) is 0 Å². The number of phenolic OH excluding ortho intramolecular Hbond substituents is 2. The van der Waals surface area contributed by atoms with E-state index in [4.69, 9.17) is 9.98 Å². The van der Waals surface area contributed by atoms with Crippen molar-refractivity contribution in [1.29, 1.82) is 0 Å². The molecule has 0 bridgehead atoms. The second-order valence-electron chi connectivity index (χ2n) is 11.8. The summed E-state index contributed by atoms with van der Waals surface area (Å²) >= 11 is 0. The van der Waals surface area contributed by atoms with E-state index in [0.717, 1.165) is 49.7 Å². The van der Waals surface area contributed by atoms with Gasteiger partial charge in [0, 0.05) is 23.6 Å². The highest BCUT2D eigenvalue weighted by Gasteiger charge is 2.23. The van der Waals surface area contributed by atoms with Crippen LogP contribution in [0.5, 0.6) is 11.5 Å². The van der Waals surface area contributed by atoms with E-state index in [9.17, 15) is 10.2 Å². The molecule has 2 atom stereocenters. The van der Waals surface area contributed by atoms with Crippen LogP contribution in [0.1, 0.15) is 139 Å². The first-order valence-corrected chi connectivity index (χ1v) is 16.3. The molecule has 2 aromatic carbocycles. The summed E-state index contributed by atoms with van der Waals surface area (Å²) in [6, 6.07) is 12.3. The van der Waals surface area contributed by atoms with Gasteiger partial charge in [0.05, 0.1) is 12.1 Å². The van der Waals surface area contributed by atoms with Crippen LogP contribution < -0.4 is 0 Å². The van der Waals surface area contributed by atoms with Crippen LogP contribution >= 0.6 is 0 Å². The van der Waals surface area contributed by atoms with Gasteiger partial charge >= 0.3 is 0 Å². The zero-order chi connectivity index (χ0) is 28.4. The van der Waals surface area contributed by atoms with E-state index in [1.165, 1.54) is 88.2 Å². The maximum absolute atomic E-state index is 10.6. The van der Waals surface area contributed by atoms with Crippen molar-refractivity contribution in [2.45, 2.75) is 142 Å². The third kappa shape index (κ3) is 11.5. The molecule has 0 aromatic heterocycles. The summed E-state index contributed by atoms with van der Waals surface area (Å²) in [5.74, 6) is 0.628. The highest BCUT2D eigenvalue weighted by atomic mass is 16.3. The first-order chi connectivity index (χ1) is 19.6.